The van der Waals surface area contributed by atoms with E-state index >= 15 is 0 Å². The van der Waals surface area contributed by atoms with Gasteiger partial charge >= 0.3 is 0 Å². The number of nitrogens with two attached hydrogens (primary N) is 1. The lowest BCUT2D eigenvalue weighted by Crippen LogP contribution is -2.36. The molecule has 0 bridgehead atoms. The number of aliphatic hydroxyl groups is 1. The maximum atomic E-state index is 10.2. The SMILES string of the molecule is CCCCCCCCCCCC(O)C(N)Cc1ccc(O)cc1. The van der Waals surface area contributed by atoms with Crippen molar-refractivity contribution in [2.45, 2.75) is 89.7 Å². The first kappa shape index (κ1) is 20.0. The van der Waals surface area contributed by atoms with Gasteiger partial charge in [0.1, 0.15) is 5.75 Å². The number of phenols is 1. The highest BCUT2D eigenvalue weighted by Crippen LogP contribution is 2.15. The summed E-state index contributed by atoms with van der Waals surface area (Å²) in [5.74, 6) is 0.262. The molecule has 4 N–H and O–H groups in total. The molecule has 0 saturated carbocycles. The van der Waals surface area contributed by atoms with Crippen LogP contribution in [0.5, 0.6) is 5.75 Å². The normalized spacial score (nSPS) is 13.9. The molecule has 132 valence electrons. The van der Waals surface area contributed by atoms with E-state index in [9.17, 15) is 10.2 Å². The summed E-state index contributed by atoms with van der Waals surface area (Å²) in [4.78, 5) is 0. The van der Waals surface area contributed by atoms with Gasteiger partial charge in [-0.25, -0.2) is 0 Å². The van der Waals surface area contributed by atoms with Crippen LogP contribution in [0.2, 0.25) is 0 Å². The molecule has 1 aromatic carbocycles. The maximum absolute atomic E-state index is 10.2. The average Bonchev–Trinajstić information content (AvgIpc) is 2.55. The van der Waals surface area contributed by atoms with Crippen molar-refractivity contribution in [2.24, 2.45) is 5.73 Å². The molecular weight excluding hydrogens is 286 g/mol. The molecule has 0 radical (unpaired) electrons. The number of aromatic hydroxyl groups is 1. The fraction of sp³-hybridized carbons (Fsp3) is 0.700. The zero-order chi connectivity index (χ0) is 16.9. The first-order chi connectivity index (χ1) is 11.1. The van der Waals surface area contributed by atoms with E-state index in [0.717, 1.165) is 18.4 Å². The van der Waals surface area contributed by atoms with Gasteiger partial charge in [-0.2, -0.15) is 0 Å². The lowest BCUT2D eigenvalue weighted by molar-refractivity contribution is 0.131. The van der Waals surface area contributed by atoms with Crippen LogP contribution in [0.3, 0.4) is 0 Å². The third-order valence-electron chi connectivity index (χ3n) is 4.51. The van der Waals surface area contributed by atoms with Gasteiger partial charge in [-0.15, -0.1) is 0 Å². The second kappa shape index (κ2) is 12.4. The number of hydrogen-bond donors (Lipinski definition) is 3. The van der Waals surface area contributed by atoms with Gasteiger partial charge in [0.05, 0.1) is 6.10 Å². The summed E-state index contributed by atoms with van der Waals surface area (Å²) in [6.07, 6.45) is 12.6. The van der Waals surface area contributed by atoms with Crippen molar-refractivity contribution in [3.8, 4) is 5.75 Å². The molecule has 0 saturated heterocycles. The van der Waals surface area contributed by atoms with Crippen LogP contribution in [0.1, 0.15) is 76.7 Å². The smallest absolute Gasteiger partial charge is 0.115 e. The van der Waals surface area contributed by atoms with E-state index in [1.54, 1.807) is 12.1 Å². The lowest BCUT2D eigenvalue weighted by atomic mass is 9.97. The fourth-order valence-corrected chi connectivity index (χ4v) is 2.92. The van der Waals surface area contributed by atoms with E-state index in [1.165, 1.54) is 51.4 Å². The first-order valence-corrected chi connectivity index (χ1v) is 9.35. The van der Waals surface area contributed by atoms with Crippen LogP contribution in [-0.2, 0) is 6.42 Å². The van der Waals surface area contributed by atoms with E-state index in [0.29, 0.717) is 6.42 Å². The van der Waals surface area contributed by atoms with Gasteiger partial charge in [-0.3, -0.25) is 0 Å². The van der Waals surface area contributed by atoms with Crippen LogP contribution in [-0.4, -0.2) is 22.4 Å². The van der Waals surface area contributed by atoms with E-state index in [4.69, 9.17) is 5.73 Å². The largest absolute Gasteiger partial charge is 0.508 e. The highest BCUT2D eigenvalue weighted by atomic mass is 16.3. The Labute approximate surface area is 141 Å². The van der Waals surface area contributed by atoms with Crippen molar-refractivity contribution in [1.29, 1.82) is 0 Å². The summed E-state index contributed by atoms with van der Waals surface area (Å²) in [5.41, 5.74) is 7.14. The Morgan fingerprint density at radius 2 is 1.39 bits per heavy atom. The average molecular weight is 322 g/mol. The van der Waals surface area contributed by atoms with Gasteiger partial charge in [-0.05, 0) is 30.5 Å². The molecule has 0 fully saturated rings. The number of unbranched alkanes of at least 4 members (excludes halogenated alkanes) is 8. The zero-order valence-electron chi connectivity index (χ0n) is 14.7. The van der Waals surface area contributed by atoms with E-state index in [-0.39, 0.29) is 11.8 Å². The van der Waals surface area contributed by atoms with Crippen LogP contribution in [0.4, 0.5) is 0 Å². The number of benzene rings is 1. The van der Waals surface area contributed by atoms with Crippen molar-refractivity contribution in [2.75, 3.05) is 0 Å². The fourth-order valence-electron chi connectivity index (χ4n) is 2.92. The van der Waals surface area contributed by atoms with Crippen LogP contribution in [0, 0.1) is 0 Å². The molecule has 0 aliphatic rings. The van der Waals surface area contributed by atoms with Crippen LogP contribution < -0.4 is 5.73 Å². The molecule has 1 aromatic rings. The first-order valence-electron chi connectivity index (χ1n) is 9.35. The second-order valence-corrected chi connectivity index (χ2v) is 6.72. The van der Waals surface area contributed by atoms with Crippen molar-refractivity contribution in [3.05, 3.63) is 29.8 Å². The molecule has 3 nitrogen and oxygen atoms in total. The minimum absolute atomic E-state index is 0.228. The highest BCUT2D eigenvalue weighted by molar-refractivity contribution is 5.26. The molecular formula is C20H35NO2. The Morgan fingerprint density at radius 3 is 1.96 bits per heavy atom. The molecule has 2 atom stereocenters. The molecule has 0 heterocycles. The maximum Gasteiger partial charge on any atom is 0.115 e. The number of aliphatic hydroxyl groups excluding tert-OH is 1. The Balaban J connectivity index is 2.04. The van der Waals surface area contributed by atoms with E-state index < -0.39 is 6.10 Å². The standard InChI is InChI=1S/C20H35NO2/c1-2-3-4-5-6-7-8-9-10-11-20(23)19(21)16-17-12-14-18(22)15-13-17/h12-15,19-20,22-23H,2-11,16,21H2,1H3. The van der Waals surface area contributed by atoms with E-state index in [2.05, 4.69) is 6.92 Å². The quantitative estimate of drug-likeness (QED) is 0.467. The molecule has 1 rings (SSSR count). The van der Waals surface area contributed by atoms with Crippen LogP contribution >= 0.6 is 0 Å². The van der Waals surface area contributed by atoms with Gasteiger partial charge in [0, 0.05) is 6.04 Å². The summed E-state index contributed by atoms with van der Waals surface area (Å²) in [5, 5.41) is 19.4. The number of rotatable bonds is 13. The molecule has 0 aliphatic heterocycles. The Morgan fingerprint density at radius 1 is 0.870 bits per heavy atom. The van der Waals surface area contributed by atoms with Gasteiger partial charge < -0.3 is 15.9 Å². The topological polar surface area (TPSA) is 66.5 Å². The molecule has 3 heteroatoms. The summed E-state index contributed by atoms with van der Waals surface area (Å²) in [7, 11) is 0. The van der Waals surface area contributed by atoms with Gasteiger partial charge in [-0.1, -0.05) is 76.8 Å². The Bertz CT molecular complexity index is 391. The Kier molecular flexibility index (Phi) is 10.8. The molecule has 0 amide bonds. The third kappa shape index (κ3) is 9.62. The predicted molar refractivity (Wildman–Crippen MR) is 97.6 cm³/mol. The van der Waals surface area contributed by atoms with Crippen molar-refractivity contribution in [3.63, 3.8) is 0 Å². The molecule has 0 aliphatic carbocycles. The minimum Gasteiger partial charge on any atom is -0.508 e. The molecule has 2 unspecified atom stereocenters. The summed E-state index contributed by atoms with van der Waals surface area (Å²) in [6, 6.07) is 6.82. The third-order valence-corrected chi connectivity index (χ3v) is 4.51. The lowest BCUT2D eigenvalue weighted by Gasteiger charge is -2.19. The molecule has 0 aromatic heterocycles. The summed E-state index contributed by atoms with van der Waals surface area (Å²) >= 11 is 0. The number of hydrogen-bond acceptors (Lipinski definition) is 3. The second-order valence-electron chi connectivity index (χ2n) is 6.72. The van der Waals surface area contributed by atoms with Gasteiger partial charge in [0.25, 0.3) is 0 Å². The molecule has 23 heavy (non-hydrogen) atoms. The zero-order valence-corrected chi connectivity index (χ0v) is 14.7. The van der Waals surface area contributed by atoms with Gasteiger partial charge in [0.15, 0.2) is 0 Å². The van der Waals surface area contributed by atoms with E-state index in [1.807, 2.05) is 12.1 Å². The van der Waals surface area contributed by atoms with Gasteiger partial charge in [0.2, 0.25) is 0 Å². The Hall–Kier alpha value is -1.06. The van der Waals surface area contributed by atoms with Crippen LogP contribution in [0.25, 0.3) is 0 Å². The van der Waals surface area contributed by atoms with Crippen LogP contribution in [0.15, 0.2) is 24.3 Å². The molecule has 0 spiro atoms. The monoisotopic (exact) mass is 321 g/mol. The van der Waals surface area contributed by atoms with Crippen molar-refractivity contribution in [1.82, 2.24) is 0 Å². The van der Waals surface area contributed by atoms with Crippen molar-refractivity contribution >= 4 is 0 Å². The minimum atomic E-state index is -0.437. The highest BCUT2D eigenvalue weighted by Gasteiger charge is 2.14. The summed E-state index contributed by atoms with van der Waals surface area (Å²) in [6.45, 7) is 2.25. The number of phenolic OH excluding ortho intramolecular Hbond substituents is 1. The summed E-state index contributed by atoms with van der Waals surface area (Å²) < 4.78 is 0. The van der Waals surface area contributed by atoms with Crippen molar-refractivity contribution < 1.29 is 10.2 Å². The predicted octanol–water partition coefficient (Wildman–Crippen LogP) is 4.54.